The SMILES string of the molecule is COC(=O)C1(CC(=O)c2ccccc2)CN(S(=O)(=O)c2ccc(C)cc2)c2ccc(Br)cc21. The fraction of sp³-hybridized carbons (Fsp3) is 0.200. The average Bonchev–Trinajstić information content (AvgIpc) is 3.14. The Labute approximate surface area is 201 Å². The minimum atomic E-state index is -4.00. The molecule has 1 heterocycles. The van der Waals surface area contributed by atoms with Gasteiger partial charge in [-0.1, -0.05) is 64.0 Å². The number of aryl methyl sites for hydroxylation is 1. The number of benzene rings is 3. The summed E-state index contributed by atoms with van der Waals surface area (Å²) in [5, 5.41) is 0. The summed E-state index contributed by atoms with van der Waals surface area (Å²) in [5.41, 5.74) is 0.668. The molecule has 3 aromatic rings. The van der Waals surface area contributed by atoms with E-state index in [2.05, 4.69) is 15.9 Å². The number of anilines is 1. The molecule has 0 saturated heterocycles. The zero-order valence-electron chi connectivity index (χ0n) is 18.1. The zero-order chi connectivity index (χ0) is 23.8. The molecule has 0 fully saturated rings. The van der Waals surface area contributed by atoms with Gasteiger partial charge in [0, 0.05) is 16.5 Å². The molecule has 0 saturated carbocycles. The van der Waals surface area contributed by atoms with Crippen molar-refractivity contribution >= 4 is 43.4 Å². The standard InChI is InChI=1S/C25H22BrNO5S/c1-17-8-11-20(12-9-17)33(30,31)27-16-25(24(29)32-2,21-14-19(26)10-13-22(21)27)15-23(28)18-6-4-3-5-7-18/h3-14H,15-16H2,1-2H3. The van der Waals surface area contributed by atoms with Crippen LogP contribution >= 0.6 is 15.9 Å². The molecule has 1 aliphatic rings. The molecular weight excluding hydrogens is 506 g/mol. The molecule has 0 radical (unpaired) electrons. The van der Waals surface area contributed by atoms with Crippen LogP contribution in [0, 0.1) is 6.92 Å². The molecule has 170 valence electrons. The van der Waals surface area contributed by atoms with Crippen LogP contribution in [-0.4, -0.2) is 33.8 Å². The van der Waals surface area contributed by atoms with E-state index in [0.717, 1.165) is 5.56 Å². The van der Waals surface area contributed by atoms with Gasteiger partial charge in [-0.3, -0.25) is 13.9 Å². The molecule has 1 aliphatic heterocycles. The van der Waals surface area contributed by atoms with Crippen LogP contribution in [0.1, 0.15) is 27.9 Å². The lowest BCUT2D eigenvalue weighted by Crippen LogP contribution is -2.44. The van der Waals surface area contributed by atoms with Crippen LogP contribution in [0.5, 0.6) is 0 Å². The predicted molar refractivity (Wildman–Crippen MR) is 129 cm³/mol. The van der Waals surface area contributed by atoms with Gasteiger partial charge in [0.2, 0.25) is 0 Å². The summed E-state index contributed by atoms with van der Waals surface area (Å²) in [6.07, 6.45) is -0.229. The van der Waals surface area contributed by atoms with Crippen molar-refractivity contribution in [3.05, 3.63) is 94.0 Å². The van der Waals surface area contributed by atoms with Crippen LogP contribution < -0.4 is 4.31 Å². The summed E-state index contributed by atoms with van der Waals surface area (Å²) < 4.78 is 34.2. The second-order valence-corrected chi connectivity index (χ2v) is 10.8. The predicted octanol–water partition coefficient (Wildman–Crippen LogP) is 4.65. The monoisotopic (exact) mass is 527 g/mol. The fourth-order valence-corrected chi connectivity index (χ4v) is 6.07. The number of ether oxygens (including phenoxy) is 1. The van der Waals surface area contributed by atoms with E-state index >= 15 is 0 Å². The average molecular weight is 528 g/mol. The Morgan fingerprint density at radius 3 is 2.33 bits per heavy atom. The molecule has 0 aromatic heterocycles. The van der Waals surface area contributed by atoms with Crippen molar-refractivity contribution in [2.45, 2.75) is 23.7 Å². The largest absolute Gasteiger partial charge is 0.468 e. The Balaban J connectivity index is 1.86. The van der Waals surface area contributed by atoms with Gasteiger partial charge >= 0.3 is 5.97 Å². The molecule has 8 heteroatoms. The molecule has 4 rings (SSSR count). The normalized spacial score (nSPS) is 17.5. The number of methoxy groups -OCH3 is 1. The first kappa shape index (κ1) is 23.2. The maximum Gasteiger partial charge on any atom is 0.318 e. The molecular formula is C25H22BrNO5S. The van der Waals surface area contributed by atoms with Gasteiger partial charge in [-0.15, -0.1) is 0 Å². The molecule has 3 aromatic carbocycles. The van der Waals surface area contributed by atoms with E-state index in [1.165, 1.54) is 23.5 Å². The van der Waals surface area contributed by atoms with Crippen molar-refractivity contribution < 1.29 is 22.7 Å². The van der Waals surface area contributed by atoms with E-state index in [0.29, 0.717) is 21.3 Å². The number of nitrogens with zero attached hydrogens (tertiary/aromatic N) is 1. The smallest absolute Gasteiger partial charge is 0.318 e. The Morgan fingerprint density at radius 2 is 1.70 bits per heavy atom. The third-order valence-corrected chi connectivity index (χ3v) is 8.17. The van der Waals surface area contributed by atoms with Crippen LogP contribution in [0.25, 0.3) is 0 Å². The highest BCUT2D eigenvalue weighted by molar-refractivity contribution is 9.10. The molecule has 0 bridgehead atoms. The first-order valence-corrected chi connectivity index (χ1v) is 12.5. The quantitative estimate of drug-likeness (QED) is 0.344. The van der Waals surface area contributed by atoms with Crippen molar-refractivity contribution in [3.63, 3.8) is 0 Å². The van der Waals surface area contributed by atoms with Crippen molar-refractivity contribution in [3.8, 4) is 0 Å². The number of carbonyl (C=O) groups excluding carboxylic acids is 2. The highest BCUT2D eigenvalue weighted by Gasteiger charge is 2.54. The van der Waals surface area contributed by atoms with Crippen molar-refractivity contribution in [2.75, 3.05) is 18.0 Å². The third-order valence-electron chi connectivity index (χ3n) is 5.90. The second kappa shape index (κ2) is 8.76. The van der Waals surface area contributed by atoms with E-state index in [4.69, 9.17) is 4.74 Å². The maximum absolute atomic E-state index is 13.6. The van der Waals surface area contributed by atoms with Gasteiger partial charge in [-0.05, 0) is 42.8 Å². The zero-order valence-corrected chi connectivity index (χ0v) is 20.5. The Bertz CT molecular complexity index is 1320. The maximum atomic E-state index is 13.6. The van der Waals surface area contributed by atoms with Gasteiger partial charge < -0.3 is 4.74 Å². The number of hydrogen-bond acceptors (Lipinski definition) is 5. The van der Waals surface area contributed by atoms with E-state index in [-0.39, 0.29) is 23.6 Å². The number of halogens is 1. The van der Waals surface area contributed by atoms with E-state index in [1.807, 2.05) is 6.92 Å². The molecule has 0 aliphatic carbocycles. The number of fused-ring (bicyclic) bond motifs is 1. The summed E-state index contributed by atoms with van der Waals surface area (Å²) >= 11 is 3.42. The summed E-state index contributed by atoms with van der Waals surface area (Å²) in [7, 11) is -2.75. The number of sulfonamides is 1. The lowest BCUT2D eigenvalue weighted by Gasteiger charge is -2.27. The topological polar surface area (TPSA) is 80.8 Å². The minimum absolute atomic E-state index is 0.108. The molecule has 1 unspecified atom stereocenters. The first-order valence-electron chi connectivity index (χ1n) is 10.3. The molecule has 33 heavy (non-hydrogen) atoms. The first-order chi connectivity index (χ1) is 15.7. The van der Waals surface area contributed by atoms with Gasteiger partial charge in [0.1, 0.15) is 5.41 Å². The van der Waals surface area contributed by atoms with Crippen molar-refractivity contribution in [2.24, 2.45) is 0 Å². The van der Waals surface area contributed by atoms with Gasteiger partial charge in [0.25, 0.3) is 10.0 Å². The summed E-state index contributed by atoms with van der Waals surface area (Å²) in [4.78, 5) is 26.5. The highest BCUT2D eigenvalue weighted by Crippen LogP contribution is 2.47. The number of esters is 1. The Kier molecular flexibility index (Phi) is 6.16. The Morgan fingerprint density at radius 1 is 1.03 bits per heavy atom. The van der Waals surface area contributed by atoms with Gasteiger partial charge in [-0.25, -0.2) is 8.42 Å². The van der Waals surface area contributed by atoms with Gasteiger partial charge in [0.05, 0.1) is 24.2 Å². The third kappa shape index (κ3) is 4.09. The summed E-state index contributed by atoms with van der Waals surface area (Å²) in [5.74, 6) is -0.936. The Hall–Kier alpha value is -2.97. The lowest BCUT2D eigenvalue weighted by molar-refractivity contribution is -0.146. The van der Waals surface area contributed by atoms with E-state index in [9.17, 15) is 18.0 Å². The molecule has 0 N–H and O–H groups in total. The van der Waals surface area contributed by atoms with Gasteiger partial charge in [0.15, 0.2) is 5.78 Å². The van der Waals surface area contributed by atoms with Crippen LogP contribution in [-0.2, 0) is 25.0 Å². The summed E-state index contributed by atoms with van der Waals surface area (Å²) in [6, 6.07) is 20.2. The fourth-order valence-electron chi connectivity index (χ4n) is 4.17. The number of hydrogen-bond donors (Lipinski definition) is 0. The van der Waals surface area contributed by atoms with Crippen LogP contribution in [0.2, 0.25) is 0 Å². The second-order valence-electron chi connectivity index (χ2n) is 8.03. The van der Waals surface area contributed by atoms with Crippen LogP contribution in [0.4, 0.5) is 5.69 Å². The van der Waals surface area contributed by atoms with Crippen LogP contribution in [0.15, 0.2) is 82.2 Å². The molecule has 1 atom stereocenters. The van der Waals surface area contributed by atoms with Crippen molar-refractivity contribution in [1.82, 2.24) is 0 Å². The van der Waals surface area contributed by atoms with Crippen molar-refractivity contribution in [1.29, 1.82) is 0 Å². The molecule has 0 amide bonds. The highest BCUT2D eigenvalue weighted by atomic mass is 79.9. The molecule has 6 nitrogen and oxygen atoms in total. The minimum Gasteiger partial charge on any atom is -0.468 e. The van der Waals surface area contributed by atoms with E-state index < -0.39 is 21.4 Å². The number of ketones is 1. The number of carbonyl (C=O) groups is 2. The number of Topliss-reactive ketones (excluding diaryl/α,β-unsaturated/α-hetero) is 1. The van der Waals surface area contributed by atoms with Crippen LogP contribution in [0.3, 0.4) is 0 Å². The van der Waals surface area contributed by atoms with Gasteiger partial charge in [-0.2, -0.15) is 0 Å². The van der Waals surface area contributed by atoms with E-state index in [1.54, 1.807) is 60.7 Å². The summed E-state index contributed by atoms with van der Waals surface area (Å²) in [6.45, 7) is 1.64. The lowest BCUT2D eigenvalue weighted by atomic mass is 9.77. The number of rotatable bonds is 6. The molecule has 0 spiro atoms.